The highest BCUT2D eigenvalue weighted by molar-refractivity contribution is 7.98. The summed E-state index contributed by atoms with van der Waals surface area (Å²) in [7, 11) is 1.74. The standard InChI is InChI=1S/C11H12N4OS2/c1-12-11-15-14-10(18-11)9(16)13-7-3-5-8(17-2)6-4-7/h3-6H,1-2H3,(H,12,15)(H,13,16). The molecule has 0 aliphatic rings. The van der Waals surface area contributed by atoms with Gasteiger partial charge in [-0.2, -0.15) is 0 Å². The van der Waals surface area contributed by atoms with Crippen molar-refractivity contribution < 1.29 is 4.79 Å². The Labute approximate surface area is 113 Å². The van der Waals surface area contributed by atoms with Crippen LogP contribution in [0.1, 0.15) is 9.80 Å². The van der Waals surface area contributed by atoms with Gasteiger partial charge >= 0.3 is 0 Å². The van der Waals surface area contributed by atoms with Crippen molar-refractivity contribution in [3.8, 4) is 0 Å². The van der Waals surface area contributed by atoms with E-state index < -0.39 is 0 Å². The Morgan fingerprint density at radius 3 is 2.56 bits per heavy atom. The molecule has 2 rings (SSSR count). The van der Waals surface area contributed by atoms with Crippen LogP contribution in [0.4, 0.5) is 10.8 Å². The van der Waals surface area contributed by atoms with Crippen LogP contribution in [-0.4, -0.2) is 29.4 Å². The lowest BCUT2D eigenvalue weighted by Gasteiger charge is -2.03. The number of rotatable bonds is 4. The molecule has 2 N–H and O–H groups in total. The quantitative estimate of drug-likeness (QED) is 0.843. The maximum atomic E-state index is 11.9. The summed E-state index contributed by atoms with van der Waals surface area (Å²) in [5, 5.41) is 14.2. The maximum Gasteiger partial charge on any atom is 0.286 e. The first-order chi connectivity index (χ1) is 8.72. The molecule has 1 heterocycles. The van der Waals surface area contributed by atoms with E-state index in [0.717, 1.165) is 10.6 Å². The molecular formula is C11H12N4OS2. The van der Waals surface area contributed by atoms with Gasteiger partial charge in [-0.05, 0) is 30.5 Å². The van der Waals surface area contributed by atoms with Gasteiger partial charge in [-0.1, -0.05) is 11.3 Å². The van der Waals surface area contributed by atoms with Crippen molar-refractivity contribution in [3.63, 3.8) is 0 Å². The van der Waals surface area contributed by atoms with Crippen molar-refractivity contribution in [1.29, 1.82) is 0 Å². The van der Waals surface area contributed by atoms with Gasteiger partial charge in [0.2, 0.25) is 10.1 Å². The molecule has 18 heavy (non-hydrogen) atoms. The molecule has 0 fully saturated rings. The number of carbonyl (C=O) groups is 1. The predicted molar refractivity (Wildman–Crippen MR) is 75.6 cm³/mol. The summed E-state index contributed by atoms with van der Waals surface area (Å²) in [5.74, 6) is -0.245. The van der Waals surface area contributed by atoms with E-state index in [-0.39, 0.29) is 5.91 Å². The molecule has 0 atom stereocenters. The fraction of sp³-hybridized carbons (Fsp3) is 0.182. The molecule has 5 nitrogen and oxygen atoms in total. The zero-order valence-corrected chi connectivity index (χ0v) is 11.6. The van der Waals surface area contributed by atoms with Gasteiger partial charge in [0.25, 0.3) is 5.91 Å². The number of benzene rings is 1. The van der Waals surface area contributed by atoms with Gasteiger partial charge in [0.05, 0.1) is 0 Å². The fourth-order valence-electron chi connectivity index (χ4n) is 1.27. The topological polar surface area (TPSA) is 66.9 Å². The molecule has 0 saturated heterocycles. The zero-order valence-electron chi connectivity index (χ0n) is 9.93. The smallest absolute Gasteiger partial charge is 0.286 e. The summed E-state index contributed by atoms with van der Waals surface area (Å²) in [6.45, 7) is 0. The molecule has 7 heteroatoms. The van der Waals surface area contributed by atoms with Gasteiger partial charge in [0.15, 0.2) is 0 Å². The molecule has 1 aromatic carbocycles. The second-order valence-corrected chi connectivity index (χ2v) is 5.20. The van der Waals surface area contributed by atoms with Crippen molar-refractivity contribution in [2.75, 3.05) is 23.9 Å². The lowest BCUT2D eigenvalue weighted by Crippen LogP contribution is -2.11. The van der Waals surface area contributed by atoms with Crippen LogP contribution in [0.2, 0.25) is 0 Å². The van der Waals surface area contributed by atoms with E-state index in [4.69, 9.17) is 0 Å². The lowest BCUT2D eigenvalue weighted by molar-refractivity contribution is 0.102. The first-order valence-electron chi connectivity index (χ1n) is 5.19. The highest BCUT2D eigenvalue weighted by Crippen LogP contribution is 2.19. The molecular weight excluding hydrogens is 268 g/mol. The number of anilines is 2. The van der Waals surface area contributed by atoms with Crippen molar-refractivity contribution in [3.05, 3.63) is 29.3 Å². The van der Waals surface area contributed by atoms with Crippen LogP contribution in [0.3, 0.4) is 0 Å². The third kappa shape index (κ3) is 2.99. The fourth-order valence-corrected chi connectivity index (χ4v) is 2.28. The zero-order chi connectivity index (χ0) is 13.0. The van der Waals surface area contributed by atoms with Gasteiger partial charge in [0.1, 0.15) is 0 Å². The Morgan fingerprint density at radius 1 is 1.28 bits per heavy atom. The molecule has 0 unspecified atom stereocenters. The van der Waals surface area contributed by atoms with Gasteiger partial charge in [-0.3, -0.25) is 4.79 Å². The number of amides is 1. The Bertz CT molecular complexity index is 538. The number of hydrogen-bond donors (Lipinski definition) is 2. The number of aromatic nitrogens is 2. The molecule has 0 saturated carbocycles. The summed E-state index contributed by atoms with van der Waals surface area (Å²) in [6.07, 6.45) is 2.01. The molecule has 94 valence electrons. The summed E-state index contributed by atoms with van der Waals surface area (Å²) < 4.78 is 0. The molecule has 0 spiro atoms. The van der Waals surface area contributed by atoms with E-state index in [1.165, 1.54) is 11.3 Å². The molecule has 0 bridgehead atoms. The minimum Gasteiger partial charge on any atom is -0.363 e. The molecule has 1 aromatic heterocycles. The molecule has 0 aliphatic heterocycles. The van der Waals surface area contributed by atoms with Crippen LogP contribution in [0.5, 0.6) is 0 Å². The second-order valence-electron chi connectivity index (χ2n) is 3.34. The third-order valence-corrected chi connectivity index (χ3v) is 3.86. The summed E-state index contributed by atoms with van der Waals surface area (Å²) >= 11 is 2.88. The number of hydrogen-bond acceptors (Lipinski definition) is 6. The monoisotopic (exact) mass is 280 g/mol. The van der Waals surface area contributed by atoms with Crippen molar-refractivity contribution in [1.82, 2.24) is 10.2 Å². The highest BCUT2D eigenvalue weighted by atomic mass is 32.2. The van der Waals surface area contributed by atoms with Crippen LogP contribution in [0, 0.1) is 0 Å². The largest absolute Gasteiger partial charge is 0.363 e. The Hall–Kier alpha value is -1.60. The average molecular weight is 280 g/mol. The van der Waals surface area contributed by atoms with Crippen LogP contribution in [0.25, 0.3) is 0 Å². The van der Waals surface area contributed by atoms with E-state index in [9.17, 15) is 4.79 Å². The first kappa shape index (κ1) is 12.8. The van der Waals surface area contributed by atoms with Crippen molar-refractivity contribution in [2.24, 2.45) is 0 Å². The highest BCUT2D eigenvalue weighted by Gasteiger charge is 2.12. The summed E-state index contributed by atoms with van der Waals surface area (Å²) in [4.78, 5) is 13.0. The van der Waals surface area contributed by atoms with Crippen LogP contribution < -0.4 is 10.6 Å². The number of thioether (sulfide) groups is 1. The number of nitrogens with zero attached hydrogens (tertiary/aromatic N) is 2. The van der Waals surface area contributed by atoms with E-state index in [1.54, 1.807) is 18.8 Å². The lowest BCUT2D eigenvalue weighted by atomic mass is 10.3. The normalized spacial score (nSPS) is 10.1. The Kier molecular flexibility index (Phi) is 4.16. The maximum absolute atomic E-state index is 11.9. The van der Waals surface area contributed by atoms with Crippen LogP contribution in [0.15, 0.2) is 29.2 Å². The molecule has 1 amide bonds. The average Bonchev–Trinajstić information content (AvgIpc) is 2.88. The van der Waals surface area contributed by atoms with Gasteiger partial charge in [-0.25, -0.2) is 0 Å². The SMILES string of the molecule is CNc1nnc(C(=O)Nc2ccc(SC)cc2)s1. The molecule has 0 radical (unpaired) electrons. The third-order valence-electron chi connectivity index (χ3n) is 2.18. The van der Waals surface area contributed by atoms with E-state index in [0.29, 0.717) is 10.1 Å². The van der Waals surface area contributed by atoms with Crippen molar-refractivity contribution in [2.45, 2.75) is 4.90 Å². The van der Waals surface area contributed by atoms with Gasteiger partial charge in [-0.15, -0.1) is 22.0 Å². The Morgan fingerprint density at radius 2 is 2.00 bits per heavy atom. The van der Waals surface area contributed by atoms with E-state index >= 15 is 0 Å². The van der Waals surface area contributed by atoms with Gasteiger partial charge in [0, 0.05) is 17.6 Å². The van der Waals surface area contributed by atoms with Crippen molar-refractivity contribution >= 4 is 39.8 Å². The summed E-state index contributed by atoms with van der Waals surface area (Å²) in [6, 6.07) is 7.65. The first-order valence-corrected chi connectivity index (χ1v) is 7.23. The predicted octanol–water partition coefficient (Wildman–Crippen LogP) is 2.55. The summed E-state index contributed by atoms with van der Waals surface area (Å²) in [5.41, 5.74) is 0.749. The second kappa shape index (κ2) is 5.83. The van der Waals surface area contributed by atoms with Crippen LogP contribution in [-0.2, 0) is 0 Å². The van der Waals surface area contributed by atoms with Crippen LogP contribution >= 0.6 is 23.1 Å². The minimum absolute atomic E-state index is 0.245. The van der Waals surface area contributed by atoms with E-state index in [1.807, 2.05) is 30.5 Å². The minimum atomic E-state index is -0.245. The molecule has 2 aromatic rings. The number of carbonyl (C=O) groups excluding carboxylic acids is 1. The molecule has 0 aliphatic carbocycles. The van der Waals surface area contributed by atoms with E-state index in [2.05, 4.69) is 20.8 Å². The number of nitrogens with one attached hydrogen (secondary N) is 2. The Balaban J connectivity index is 2.06. The van der Waals surface area contributed by atoms with Gasteiger partial charge < -0.3 is 10.6 Å².